The number of carboxylic acids is 1. The van der Waals surface area contributed by atoms with E-state index in [4.69, 9.17) is 15.0 Å². The first-order valence-corrected chi connectivity index (χ1v) is 9.93. The van der Waals surface area contributed by atoms with Crippen molar-refractivity contribution in [3.05, 3.63) is 60.2 Å². The van der Waals surface area contributed by atoms with Gasteiger partial charge in [-0.3, -0.25) is 0 Å². The van der Waals surface area contributed by atoms with Crippen LogP contribution in [0.3, 0.4) is 0 Å². The highest BCUT2D eigenvalue weighted by Gasteiger charge is 2.38. The molecule has 2 aromatic rings. The molecule has 0 radical (unpaired) electrons. The van der Waals surface area contributed by atoms with Crippen molar-refractivity contribution in [2.45, 2.75) is 18.0 Å². The fourth-order valence-corrected chi connectivity index (χ4v) is 1.61. The van der Waals surface area contributed by atoms with Crippen LogP contribution in [0, 0.1) is 6.92 Å². The third-order valence-electron chi connectivity index (χ3n) is 2.32. The van der Waals surface area contributed by atoms with Crippen molar-refractivity contribution >= 4 is 43.0 Å². The van der Waals surface area contributed by atoms with Crippen LogP contribution in [0.25, 0.3) is 0 Å². The Bertz CT molecular complexity index is 608. The van der Waals surface area contributed by atoms with Gasteiger partial charge in [-0.25, -0.2) is 4.79 Å². The molecule has 0 saturated carbocycles. The van der Waals surface area contributed by atoms with Crippen molar-refractivity contribution in [1.82, 2.24) is 0 Å². The summed E-state index contributed by atoms with van der Waals surface area (Å²) in [5.74, 6) is -0.663. The van der Waals surface area contributed by atoms with Gasteiger partial charge >= 0.3 is 12.1 Å². The number of phenolic OH excluding ortho intramolecular Hbond substituents is 1. The Morgan fingerprint density at radius 3 is 1.71 bits per heavy atom. The lowest BCUT2D eigenvalue weighted by atomic mass is 10.2. The third kappa shape index (κ3) is 20.8. The molecule has 0 bridgehead atoms. The maximum atomic E-state index is 10.6. The molecule has 0 saturated heterocycles. The number of hydrogen-bond donors (Lipinski definition) is 4. The largest absolute Gasteiger partial charge is 0.508 e. The number of benzene rings is 2. The Labute approximate surface area is 178 Å². The number of hydrogen-bond acceptors (Lipinski definition) is 5. The maximum absolute atomic E-state index is 10.6. The van der Waals surface area contributed by atoms with E-state index in [-0.39, 0.29) is 5.48 Å². The van der Waals surface area contributed by atoms with Crippen molar-refractivity contribution in [2.24, 2.45) is 0 Å². The van der Waals surface area contributed by atoms with E-state index < -0.39 is 12.1 Å². The topological polar surface area (TPSA) is 89.0 Å². The number of aromatic hydroxyl groups is 1. The molecule has 0 aliphatic carbocycles. The lowest BCUT2D eigenvalue weighted by molar-refractivity contribution is -0.192. The summed E-state index contributed by atoms with van der Waals surface area (Å²) in [7, 11) is 0. The van der Waals surface area contributed by atoms with Crippen LogP contribution in [0.2, 0.25) is 0 Å². The Balaban J connectivity index is -0.000000303. The molecule has 0 fully saturated rings. The normalized spacial score (nSPS) is 9.11. The summed E-state index contributed by atoms with van der Waals surface area (Å²) in [5.41, 5.74) is 1.09. The van der Waals surface area contributed by atoms with Crippen molar-refractivity contribution < 1.29 is 33.7 Å². The molecule has 0 spiro atoms. The Hall–Kier alpha value is -1.49. The van der Waals surface area contributed by atoms with Gasteiger partial charge in [0.1, 0.15) is 5.75 Å². The summed E-state index contributed by atoms with van der Waals surface area (Å²) in [4.78, 5) is 10.2. The quantitative estimate of drug-likeness (QED) is 0.386. The van der Waals surface area contributed by atoms with Crippen LogP contribution in [0.15, 0.2) is 59.5 Å². The first kappa shape index (κ1) is 31.2. The van der Waals surface area contributed by atoms with Crippen LogP contribution in [0.1, 0.15) is 5.56 Å². The highest BCUT2D eigenvalue weighted by molar-refractivity contribution is 7.98. The zero-order valence-corrected chi connectivity index (χ0v) is 18.0. The molecule has 0 aliphatic rings. The van der Waals surface area contributed by atoms with E-state index in [0.29, 0.717) is 5.75 Å². The second-order valence-corrected chi connectivity index (χ2v) is 6.38. The van der Waals surface area contributed by atoms with Crippen LogP contribution in [-0.2, 0) is 4.79 Å². The van der Waals surface area contributed by atoms with E-state index in [1.54, 1.807) is 23.9 Å². The summed E-state index contributed by atoms with van der Waals surface area (Å²) in [6, 6.07) is 17.5. The summed E-state index contributed by atoms with van der Waals surface area (Å²) in [6.45, 7) is 1.94. The zero-order valence-electron chi connectivity index (χ0n) is 15.3. The second-order valence-electron chi connectivity index (χ2n) is 4.61. The average molecular weight is 459 g/mol. The van der Waals surface area contributed by atoms with E-state index in [9.17, 15) is 13.2 Å². The van der Waals surface area contributed by atoms with Gasteiger partial charge in [-0.2, -0.15) is 38.4 Å². The molecule has 0 amide bonds. The van der Waals surface area contributed by atoms with Gasteiger partial charge < -0.3 is 15.7 Å². The smallest absolute Gasteiger partial charge is 0.490 e. The van der Waals surface area contributed by atoms with Gasteiger partial charge in [0.05, 0.1) is 0 Å². The predicted octanol–water partition coefficient (Wildman–Crippen LogP) is 4.76. The molecular weight excluding hydrogens is 433 g/mol. The number of phenols is 1. The molecule has 0 unspecified atom stereocenters. The summed E-state index contributed by atoms with van der Waals surface area (Å²) < 4.78 is 31.7. The number of alkyl halides is 3. The van der Waals surface area contributed by atoms with E-state index in [1.807, 2.05) is 37.3 Å². The molecule has 28 heavy (non-hydrogen) atoms. The number of aryl methyl sites for hydroxylation is 1. The monoisotopic (exact) mass is 458 g/mol. The molecule has 160 valence electrons. The molecule has 0 heterocycles. The molecule has 4 N–H and O–H groups in total. The summed E-state index contributed by atoms with van der Waals surface area (Å²) in [6.07, 6.45) is -3.00. The van der Waals surface area contributed by atoms with E-state index in [0.717, 1.165) is 17.1 Å². The van der Waals surface area contributed by atoms with Crippen LogP contribution >= 0.6 is 37.0 Å². The van der Waals surface area contributed by atoms with Crippen molar-refractivity contribution in [2.75, 3.05) is 17.8 Å². The Kier molecular flexibility index (Phi) is 21.0. The SMILES string of the molecule is CSc1ccccc1.Cc1cccc(O)c1.O.O=C(O)C(F)(F)F.SCCS. The van der Waals surface area contributed by atoms with Crippen molar-refractivity contribution in [3.63, 3.8) is 0 Å². The minimum absolute atomic E-state index is 0. The van der Waals surface area contributed by atoms with Gasteiger partial charge in [0, 0.05) is 4.90 Å². The van der Waals surface area contributed by atoms with Crippen molar-refractivity contribution in [1.29, 1.82) is 0 Å². The third-order valence-corrected chi connectivity index (χ3v) is 3.87. The first-order chi connectivity index (χ1) is 12.6. The van der Waals surface area contributed by atoms with E-state index >= 15 is 0 Å². The fourth-order valence-electron chi connectivity index (χ4n) is 1.18. The first-order valence-electron chi connectivity index (χ1n) is 7.45. The minimum atomic E-state index is -5.08. The van der Waals surface area contributed by atoms with Crippen LogP contribution in [0.4, 0.5) is 13.2 Å². The number of thioether (sulfide) groups is 1. The van der Waals surface area contributed by atoms with E-state index in [2.05, 4.69) is 43.6 Å². The number of rotatable bonds is 2. The lowest BCUT2D eigenvalue weighted by Gasteiger charge is -1.93. The zero-order chi connectivity index (χ0) is 21.3. The maximum Gasteiger partial charge on any atom is 0.490 e. The fraction of sp³-hybridized carbons (Fsp3) is 0.278. The second kappa shape index (κ2) is 18.9. The molecule has 0 atom stereocenters. The van der Waals surface area contributed by atoms with Gasteiger partial charge in [0.2, 0.25) is 0 Å². The molecule has 10 heteroatoms. The predicted molar refractivity (Wildman–Crippen MR) is 116 cm³/mol. The van der Waals surface area contributed by atoms with Crippen molar-refractivity contribution in [3.8, 4) is 5.75 Å². The summed E-state index contributed by atoms with van der Waals surface area (Å²) >= 11 is 9.46. The number of halogens is 3. The van der Waals surface area contributed by atoms with Crippen LogP contribution < -0.4 is 0 Å². The number of carbonyl (C=O) groups is 1. The molecule has 2 aromatic carbocycles. The molecule has 0 aliphatic heterocycles. The van der Waals surface area contributed by atoms with Crippen LogP contribution in [-0.4, -0.2) is 45.6 Å². The summed E-state index contributed by atoms with van der Waals surface area (Å²) in [5, 5.41) is 15.9. The number of thiol groups is 2. The van der Waals surface area contributed by atoms with Gasteiger partial charge in [-0.15, -0.1) is 11.8 Å². The molecule has 4 nitrogen and oxygen atoms in total. The van der Waals surface area contributed by atoms with Gasteiger partial charge in [-0.05, 0) is 54.5 Å². The Morgan fingerprint density at radius 2 is 1.50 bits per heavy atom. The highest BCUT2D eigenvalue weighted by atomic mass is 32.2. The van der Waals surface area contributed by atoms with Gasteiger partial charge in [-0.1, -0.05) is 30.3 Å². The van der Waals surface area contributed by atoms with Gasteiger partial charge in [0.15, 0.2) is 0 Å². The Morgan fingerprint density at radius 1 is 1.04 bits per heavy atom. The molecular formula is C18H25F3O4S3. The van der Waals surface area contributed by atoms with Crippen LogP contribution in [0.5, 0.6) is 5.75 Å². The van der Waals surface area contributed by atoms with E-state index in [1.165, 1.54) is 4.90 Å². The number of aliphatic carboxylic acids is 1. The molecule has 0 aromatic heterocycles. The highest BCUT2D eigenvalue weighted by Crippen LogP contribution is 2.13. The molecule has 2 rings (SSSR count). The van der Waals surface area contributed by atoms with Gasteiger partial charge in [0.25, 0.3) is 0 Å². The minimum Gasteiger partial charge on any atom is -0.508 e. The number of carboxylic acid groups (broad SMARTS) is 1. The standard InChI is InChI=1S/C7H8O.C7H8S.C2HF3O2.C2H6S2.H2O/c1-6-3-2-4-7(8)5-6;1-8-7-5-3-2-4-6-7;3-2(4,5)1(6)7;3-1-2-4;/h2-5,8H,1H3;2-6H,1H3;(H,6,7);3-4H,1-2H2;1H2. The average Bonchev–Trinajstić information content (AvgIpc) is 2.62. The lowest BCUT2D eigenvalue weighted by Crippen LogP contribution is -2.21.